The molecule has 0 bridgehead atoms. The average Bonchev–Trinajstić information content (AvgIpc) is 3.12. The van der Waals surface area contributed by atoms with Crippen LogP contribution in [0.25, 0.3) is 5.65 Å². The maximum Gasteiger partial charge on any atom is 0.261 e. The van der Waals surface area contributed by atoms with Crippen molar-refractivity contribution in [2.45, 2.75) is 38.5 Å². The lowest BCUT2D eigenvalue weighted by atomic mass is 10.1. The zero-order valence-electron chi connectivity index (χ0n) is 13.6. The standard InChI is InChI=1S/C19H21N3OS/c23-19(17-12-14-6-2-1-3-7-16(14)24-17)20-10-9-15-13-22-11-5-4-8-18(22)21-15/h4-5,8,11-13H,1-3,6-7,9-10H2,(H,20,23). The van der Waals surface area contributed by atoms with Crippen LogP contribution in [0.5, 0.6) is 0 Å². The van der Waals surface area contributed by atoms with Crippen LogP contribution in [0.4, 0.5) is 0 Å². The van der Waals surface area contributed by atoms with Gasteiger partial charge in [0.1, 0.15) is 5.65 Å². The van der Waals surface area contributed by atoms with E-state index in [1.807, 2.05) is 35.0 Å². The quantitative estimate of drug-likeness (QED) is 0.738. The summed E-state index contributed by atoms with van der Waals surface area (Å²) in [5, 5.41) is 3.04. The van der Waals surface area contributed by atoms with Crippen LogP contribution in [-0.4, -0.2) is 21.8 Å². The molecule has 24 heavy (non-hydrogen) atoms. The number of rotatable bonds is 4. The van der Waals surface area contributed by atoms with Crippen LogP contribution >= 0.6 is 11.3 Å². The molecule has 1 N–H and O–H groups in total. The Kier molecular flexibility index (Phi) is 4.34. The Labute approximate surface area is 145 Å². The maximum atomic E-state index is 12.4. The van der Waals surface area contributed by atoms with Crippen molar-refractivity contribution in [3.05, 3.63) is 57.7 Å². The molecule has 4 rings (SSSR count). The molecule has 0 aromatic carbocycles. The van der Waals surface area contributed by atoms with E-state index in [2.05, 4.69) is 16.4 Å². The Morgan fingerprint density at radius 3 is 3.08 bits per heavy atom. The molecule has 0 atom stereocenters. The van der Waals surface area contributed by atoms with Crippen LogP contribution in [0.2, 0.25) is 0 Å². The number of carbonyl (C=O) groups excluding carboxylic acids is 1. The molecule has 3 aromatic rings. The fourth-order valence-electron chi connectivity index (χ4n) is 3.28. The van der Waals surface area contributed by atoms with E-state index in [1.165, 1.54) is 29.7 Å². The van der Waals surface area contributed by atoms with E-state index < -0.39 is 0 Å². The zero-order chi connectivity index (χ0) is 16.4. The number of fused-ring (bicyclic) bond motifs is 2. The van der Waals surface area contributed by atoms with E-state index in [0.717, 1.165) is 35.5 Å². The largest absolute Gasteiger partial charge is 0.351 e. The number of aromatic nitrogens is 2. The van der Waals surface area contributed by atoms with Crippen LogP contribution in [-0.2, 0) is 19.3 Å². The van der Waals surface area contributed by atoms with Gasteiger partial charge in [-0.25, -0.2) is 4.98 Å². The Morgan fingerprint density at radius 1 is 1.25 bits per heavy atom. The van der Waals surface area contributed by atoms with Gasteiger partial charge in [-0.3, -0.25) is 4.79 Å². The number of nitrogens with one attached hydrogen (secondary N) is 1. The van der Waals surface area contributed by atoms with E-state index in [9.17, 15) is 4.79 Å². The van der Waals surface area contributed by atoms with Crippen molar-refractivity contribution < 1.29 is 4.79 Å². The number of amides is 1. The lowest BCUT2D eigenvalue weighted by molar-refractivity contribution is 0.0958. The number of imidazole rings is 1. The van der Waals surface area contributed by atoms with Crippen molar-refractivity contribution in [1.82, 2.24) is 14.7 Å². The Balaban J connectivity index is 1.36. The second-order valence-corrected chi connectivity index (χ2v) is 7.46. The van der Waals surface area contributed by atoms with Crippen LogP contribution < -0.4 is 5.32 Å². The lowest BCUT2D eigenvalue weighted by Crippen LogP contribution is -2.24. The van der Waals surface area contributed by atoms with Gasteiger partial charge >= 0.3 is 0 Å². The Hall–Kier alpha value is -2.14. The molecule has 1 aliphatic carbocycles. The van der Waals surface area contributed by atoms with Crippen molar-refractivity contribution >= 4 is 22.9 Å². The second kappa shape index (κ2) is 6.77. The number of hydrogen-bond acceptors (Lipinski definition) is 3. The predicted molar refractivity (Wildman–Crippen MR) is 96.8 cm³/mol. The highest BCUT2D eigenvalue weighted by atomic mass is 32.1. The Morgan fingerprint density at radius 2 is 2.17 bits per heavy atom. The fraction of sp³-hybridized carbons (Fsp3) is 0.368. The molecule has 0 saturated heterocycles. The van der Waals surface area contributed by atoms with Crippen LogP contribution in [0.3, 0.4) is 0 Å². The molecule has 124 valence electrons. The molecule has 1 amide bonds. The maximum absolute atomic E-state index is 12.4. The first-order valence-corrected chi connectivity index (χ1v) is 9.44. The SMILES string of the molecule is O=C(NCCc1cn2ccccc2n1)c1cc2c(s1)CCCCC2. The molecule has 3 aromatic heterocycles. The minimum atomic E-state index is 0.0526. The molecule has 5 heteroatoms. The van der Waals surface area contributed by atoms with Crippen molar-refractivity contribution in [2.75, 3.05) is 6.54 Å². The first-order chi connectivity index (χ1) is 11.8. The van der Waals surface area contributed by atoms with Gasteiger partial charge in [0, 0.05) is 30.2 Å². The van der Waals surface area contributed by atoms with Gasteiger partial charge in [0.15, 0.2) is 0 Å². The van der Waals surface area contributed by atoms with E-state index >= 15 is 0 Å². The van der Waals surface area contributed by atoms with Crippen LogP contribution in [0, 0.1) is 0 Å². The van der Waals surface area contributed by atoms with Gasteiger partial charge in [-0.2, -0.15) is 0 Å². The highest BCUT2D eigenvalue weighted by Gasteiger charge is 2.16. The molecule has 1 aliphatic rings. The molecule has 0 fully saturated rings. The summed E-state index contributed by atoms with van der Waals surface area (Å²) in [7, 11) is 0. The number of aryl methyl sites for hydroxylation is 2. The number of pyridine rings is 1. The summed E-state index contributed by atoms with van der Waals surface area (Å²) >= 11 is 1.68. The number of carbonyl (C=O) groups is 1. The summed E-state index contributed by atoms with van der Waals surface area (Å²) in [6.07, 6.45) is 10.8. The van der Waals surface area contributed by atoms with E-state index in [0.29, 0.717) is 6.54 Å². The third-order valence-electron chi connectivity index (χ3n) is 4.55. The van der Waals surface area contributed by atoms with E-state index in [-0.39, 0.29) is 5.91 Å². The zero-order valence-corrected chi connectivity index (χ0v) is 14.4. The first kappa shape index (κ1) is 15.4. The molecule has 0 radical (unpaired) electrons. The predicted octanol–water partition coefficient (Wildman–Crippen LogP) is 3.64. The summed E-state index contributed by atoms with van der Waals surface area (Å²) in [6, 6.07) is 8.06. The van der Waals surface area contributed by atoms with Gasteiger partial charge in [0.25, 0.3) is 5.91 Å². The number of nitrogens with zero attached hydrogens (tertiary/aromatic N) is 2. The number of thiophene rings is 1. The summed E-state index contributed by atoms with van der Waals surface area (Å²) < 4.78 is 2.01. The third-order valence-corrected chi connectivity index (χ3v) is 5.79. The summed E-state index contributed by atoms with van der Waals surface area (Å²) in [5.41, 5.74) is 3.34. The summed E-state index contributed by atoms with van der Waals surface area (Å²) in [4.78, 5) is 19.2. The smallest absolute Gasteiger partial charge is 0.261 e. The molecular weight excluding hydrogens is 318 g/mol. The highest BCUT2D eigenvalue weighted by molar-refractivity contribution is 7.14. The molecule has 3 heterocycles. The van der Waals surface area contributed by atoms with Gasteiger partial charge in [0.05, 0.1) is 10.6 Å². The molecule has 4 nitrogen and oxygen atoms in total. The first-order valence-electron chi connectivity index (χ1n) is 8.62. The summed E-state index contributed by atoms with van der Waals surface area (Å²) in [6.45, 7) is 0.616. The summed E-state index contributed by atoms with van der Waals surface area (Å²) in [5.74, 6) is 0.0526. The molecule has 0 saturated carbocycles. The average molecular weight is 339 g/mol. The monoisotopic (exact) mass is 339 g/mol. The lowest BCUT2D eigenvalue weighted by Gasteiger charge is -2.01. The van der Waals surface area contributed by atoms with Crippen molar-refractivity contribution in [3.8, 4) is 0 Å². The fourth-order valence-corrected chi connectivity index (χ4v) is 4.45. The van der Waals surface area contributed by atoms with Crippen molar-refractivity contribution in [1.29, 1.82) is 0 Å². The molecular formula is C19H21N3OS. The van der Waals surface area contributed by atoms with Gasteiger partial charge in [-0.15, -0.1) is 11.3 Å². The van der Waals surface area contributed by atoms with Gasteiger partial charge in [-0.1, -0.05) is 12.5 Å². The van der Waals surface area contributed by atoms with Gasteiger partial charge in [-0.05, 0) is 49.4 Å². The third kappa shape index (κ3) is 3.22. The van der Waals surface area contributed by atoms with Crippen molar-refractivity contribution in [3.63, 3.8) is 0 Å². The second-order valence-electron chi connectivity index (χ2n) is 6.32. The minimum absolute atomic E-state index is 0.0526. The Bertz CT molecular complexity index is 808. The normalized spacial score (nSPS) is 14.3. The van der Waals surface area contributed by atoms with Crippen LogP contribution in [0.15, 0.2) is 36.7 Å². The highest BCUT2D eigenvalue weighted by Crippen LogP contribution is 2.28. The van der Waals surface area contributed by atoms with E-state index in [4.69, 9.17) is 0 Å². The number of hydrogen-bond donors (Lipinski definition) is 1. The van der Waals surface area contributed by atoms with Gasteiger partial charge in [0.2, 0.25) is 0 Å². The van der Waals surface area contributed by atoms with Crippen molar-refractivity contribution in [2.24, 2.45) is 0 Å². The topological polar surface area (TPSA) is 46.4 Å². The van der Waals surface area contributed by atoms with Crippen LogP contribution in [0.1, 0.15) is 45.1 Å². The molecule has 0 unspecified atom stereocenters. The molecule has 0 aliphatic heterocycles. The molecule has 0 spiro atoms. The minimum Gasteiger partial charge on any atom is -0.351 e. The van der Waals surface area contributed by atoms with Gasteiger partial charge < -0.3 is 9.72 Å². The van der Waals surface area contributed by atoms with E-state index in [1.54, 1.807) is 11.3 Å².